The molecule has 0 aliphatic heterocycles. The largest absolute Gasteiger partial charge is 0.327 e. The van der Waals surface area contributed by atoms with Crippen LogP contribution >= 0.6 is 0 Å². The summed E-state index contributed by atoms with van der Waals surface area (Å²) in [5.41, 5.74) is 8.55. The van der Waals surface area contributed by atoms with Crippen LogP contribution in [-0.2, 0) is 9.63 Å². The molecule has 0 spiro atoms. The lowest BCUT2D eigenvalue weighted by molar-refractivity contribution is -0.144. The van der Waals surface area contributed by atoms with E-state index in [0.29, 0.717) is 0 Å². The molecule has 1 amide bonds. The highest BCUT2D eigenvalue weighted by atomic mass is 16.7. The average Bonchev–Trinajstić information content (AvgIpc) is 2.79. The first-order valence-electron chi connectivity index (χ1n) is 6.48. The molecule has 2 unspecified atom stereocenters. The van der Waals surface area contributed by atoms with E-state index in [1.54, 1.807) is 0 Å². The van der Waals surface area contributed by atoms with Crippen LogP contribution in [0.15, 0.2) is 0 Å². The predicted molar refractivity (Wildman–Crippen MR) is 61.4 cm³/mol. The Morgan fingerprint density at radius 2 is 1.69 bits per heavy atom. The van der Waals surface area contributed by atoms with E-state index in [1.807, 2.05) is 0 Å². The molecule has 2 aliphatic carbocycles. The summed E-state index contributed by atoms with van der Waals surface area (Å²) in [6.45, 7) is 0. The average molecular weight is 226 g/mol. The van der Waals surface area contributed by atoms with E-state index in [4.69, 9.17) is 10.6 Å². The summed E-state index contributed by atoms with van der Waals surface area (Å²) in [7, 11) is 0. The summed E-state index contributed by atoms with van der Waals surface area (Å²) in [5.74, 6) is -0.0609. The number of hydrogen-bond acceptors (Lipinski definition) is 3. The summed E-state index contributed by atoms with van der Waals surface area (Å²) in [6.07, 6.45) is 8.90. The highest BCUT2D eigenvalue weighted by molar-refractivity contribution is 5.78. The Labute approximate surface area is 96.9 Å². The molecule has 0 radical (unpaired) electrons. The van der Waals surface area contributed by atoms with Crippen molar-refractivity contribution in [3.63, 3.8) is 0 Å². The first kappa shape index (κ1) is 11.9. The van der Waals surface area contributed by atoms with E-state index in [-0.39, 0.29) is 24.0 Å². The highest BCUT2D eigenvalue weighted by Crippen LogP contribution is 2.24. The van der Waals surface area contributed by atoms with Gasteiger partial charge >= 0.3 is 0 Å². The van der Waals surface area contributed by atoms with Crippen molar-refractivity contribution in [1.82, 2.24) is 5.48 Å². The van der Waals surface area contributed by atoms with Crippen molar-refractivity contribution < 1.29 is 9.63 Å². The van der Waals surface area contributed by atoms with Gasteiger partial charge in [-0.05, 0) is 25.7 Å². The summed E-state index contributed by atoms with van der Waals surface area (Å²) in [6, 6.07) is 0.0147. The topological polar surface area (TPSA) is 64.4 Å². The maximum atomic E-state index is 11.8. The third kappa shape index (κ3) is 2.95. The number of nitrogens with two attached hydrogens (primary N) is 1. The number of hydroxylamine groups is 1. The molecule has 2 aliphatic rings. The molecule has 0 saturated heterocycles. The van der Waals surface area contributed by atoms with Crippen molar-refractivity contribution in [1.29, 1.82) is 0 Å². The number of nitrogens with one attached hydrogen (secondary N) is 1. The second-order valence-electron chi connectivity index (χ2n) is 5.05. The van der Waals surface area contributed by atoms with E-state index in [1.165, 1.54) is 12.8 Å². The normalized spacial score (nSPS) is 31.6. The smallest absolute Gasteiger partial charge is 0.248 e. The van der Waals surface area contributed by atoms with Gasteiger partial charge in [0.1, 0.15) is 0 Å². The lowest BCUT2D eigenvalue weighted by Crippen LogP contribution is -2.44. The molecular formula is C12H22N2O2. The van der Waals surface area contributed by atoms with Crippen LogP contribution in [0.5, 0.6) is 0 Å². The molecule has 4 nitrogen and oxygen atoms in total. The Hall–Kier alpha value is -0.610. The van der Waals surface area contributed by atoms with Crippen LogP contribution in [0.2, 0.25) is 0 Å². The van der Waals surface area contributed by atoms with Crippen LogP contribution in [0.4, 0.5) is 0 Å². The quantitative estimate of drug-likeness (QED) is 0.717. The molecule has 0 aromatic heterocycles. The summed E-state index contributed by atoms with van der Waals surface area (Å²) in [4.78, 5) is 17.3. The molecular weight excluding hydrogens is 204 g/mol. The van der Waals surface area contributed by atoms with Crippen molar-refractivity contribution in [2.75, 3.05) is 0 Å². The van der Waals surface area contributed by atoms with E-state index < -0.39 is 0 Å². The zero-order valence-corrected chi connectivity index (χ0v) is 9.78. The minimum atomic E-state index is -0.0462. The van der Waals surface area contributed by atoms with Crippen LogP contribution < -0.4 is 11.2 Å². The first-order chi connectivity index (χ1) is 7.77. The molecule has 2 rings (SSSR count). The van der Waals surface area contributed by atoms with Gasteiger partial charge in [0.2, 0.25) is 5.91 Å². The molecule has 0 heterocycles. The minimum absolute atomic E-state index is 0.0147. The number of amides is 1. The van der Waals surface area contributed by atoms with Gasteiger partial charge in [-0.3, -0.25) is 9.63 Å². The van der Waals surface area contributed by atoms with Crippen molar-refractivity contribution >= 4 is 5.91 Å². The van der Waals surface area contributed by atoms with Gasteiger partial charge in [0.05, 0.1) is 12.0 Å². The van der Waals surface area contributed by atoms with Gasteiger partial charge in [0, 0.05) is 6.04 Å². The van der Waals surface area contributed by atoms with Crippen LogP contribution in [-0.4, -0.2) is 18.1 Å². The van der Waals surface area contributed by atoms with Gasteiger partial charge in [-0.2, -0.15) is 0 Å². The fraction of sp³-hybridized carbons (Fsp3) is 0.917. The van der Waals surface area contributed by atoms with Crippen LogP contribution in [0, 0.1) is 5.92 Å². The molecule has 0 bridgehead atoms. The van der Waals surface area contributed by atoms with Crippen LogP contribution in [0.25, 0.3) is 0 Å². The van der Waals surface area contributed by atoms with E-state index in [9.17, 15) is 4.79 Å². The predicted octanol–water partition coefficient (Wildman–Crippen LogP) is 1.49. The van der Waals surface area contributed by atoms with E-state index in [0.717, 1.165) is 38.5 Å². The lowest BCUT2D eigenvalue weighted by atomic mass is 9.85. The fourth-order valence-corrected chi connectivity index (χ4v) is 2.71. The second kappa shape index (κ2) is 5.64. The summed E-state index contributed by atoms with van der Waals surface area (Å²) in [5, 5.41) is 0. The Morgan fingerprint density at radius 1 is 1.06 bits per heavy atom. The Balaban J connectivity index is 1.73. The molecule has 2 atom stereocenters. The molecule has 4 heteroatoms. The maximum Gasteiger partial charge on any atom is 0.248 e. The van der Waals surface area contributed by atoms with Crippen LogP contribution in [0.3, 0.4) is 0 Å². The lowest BCUT2D eigenvalue weighted by Gasteiger charge is -2.27. The monoisotopic (exact) mass is 226 g/mol. The Kier molecular flexibility index (Phi) is 4.18. The third-order valence-corrected chi connectivity index (χ3v) is 3.78. The maximum absolute atomic E-state index is 11.8. The standard InChI is InChI=1S/C12H22N2O2/c13-11-8-4-3-7-10(11)12(15)14-16-9-5-1-2-6-9/h9-11H,1-8,13H2,(H,14,15). The zero-order chi connectivity index (χ0) is 11.4. The van der Waals surface area contributed by atoms with Crippen LogP contribution in [0.1, 0.15) is 51.4 Å². The van der Waals surface area contributed by atoms with Crippen molar-refractivity contribution in [2.24, 2.45) is 11.7 Å². The number of rotatable bonds is 3. The van der Waals surface area contributed by atoms with Gasteiger partial charge in [0.15, 0.2) is 0 Å². The van der Waals surface area contributed by atoms with Crippen molar-refractivity contribution in [3.8, 4) is 0 Å². The molecule has 92 valence electrons. The fourth-order valence-electron chi connectivity index (χ4n) is 2.71. The summed E-state index contributed by atoms with van der Waals surface area (Å²) < 4.78 is 0. The number of carbonyl (C=O) groups excluding carboxylic acids is 1. The molecule has 2 saturated carbocycles. The minimum Gasteiger partial charge on any atom is -0.327 e. The highest BCUT2D eigenvalue weighted by Gasteiger charge is 2.29. The number of carbonyl (C=O) groups is 1. The van der Waals surface area contributed by atoms with Gasteiger partial charge in [-0.25, -0.2) is 5.48 Å². The molecule has 0 aromatic rings. The molecule has 3 N–H and O–H groups in total. The van der Waals surface area contributed by atoms with Crippen molar-refractivity contribution in [2.45, 2.75) is 63.5 Å². The molecule has 2 fully saturated rings. The van der Waals surface area contributed by atoms with Gasteiger partial charge in [-0.1, -0.05) is 25.7 Å². The van der Waals surface area contributed by atoms with Gasteiger partial charge in [0.25, 0.3) is 0 Å². The second-order valence-corrected chi connectivity index (χ2v) is 5.05. The van der Waals surface area contributed by atoms with Crippen molar-refractivity contribution in [3.05, 3.63) is 0 Å². The zero-order valence-electron chi connectivity index (χ0n) is 9.78. The Morgan fingerprint density at radius 3 is 2.38 bits per heavy atom. The van der Waals surface area contributed by atoms with E-state index in [2.05, 4.69) is 5.48 Å². The molecule has 0 aromatic carbocycles. The molecule has 16 heavy (non-hydrogen) atoms. The first-order valence-corrected chi connectivity index (χ1v) is 6.48. The number of hydrogen-bond donors (Lipinski definition) is 2. The van der Waals surface area contributed by atoms with Gasteiger partial charge < -0.3 is 5.73 Å². The Bertz CT molecular complexity index is 239. The van der Waals surface area contributed by atoms with E-state index >= 15 is 0 Å². The third-order valence-electron chi connectivity index (χ3n) is 3.78. The van der Waals surface area contributed by atoms with Gasteiger partial charge in [-0.15, -0.1) is 0 Å². The summed E-state index contributed by atoms with van der Waals surface area (Å²) >= 11 is 0. The SMILES string of the molecule is NC1CCCCC1C(=O)NOC1CCCC1.